The summed E-state index contributed by atoms with van der Waals surface area (Å²) >= 11 is 0. The van der Waals surface area contributed by atoms with E-state index in [1.165, 1.54) is 4.68 Å². The molecule has 7 nitrogen and oxygen atoms in total. The molecule has 2 heterocycles. The molecule has 96 valence electrons. The Morgan fingerprint density at radius 2 is 2.24 bits per heavy atom. The number of nitrogens with two attached hydrogens (primary N) is 1. The third-order valence-corrected chi connectivity index (χ3v) is 4.38. The highest BCUT2D eigenvalue weighted by atomic mass is 32.2. The quantitative estimate of drug-likeness (QED) is 0.794. The van der Waals surface area contributed by atoms with Gasteiger partial charge in [-0.3, -0.25) is 0 Å². The zero-order chi connectivity index (χ0) is 12.6. The van der Waals surface area contributed by atoms with Gasteiger partial charge < -0.3 is 11.1 Å². The maximum Gasteiger partial charge on any atom is 0.244 e. The molecule has 0 spiro atoms. The molecule has 1 aliphatic rings. The molecule has 1 atom stereocenters. The first-order valence-corrected chi connectivity index (χ1v) is 7.38. The lowest BCUT2D eigenvalue weighted by Crippen LogP contribution is -2.15. The van der Waals surface area contributed by atoms with Gasteiger partial charge >= 0.3 is 0 Å². The maximum atomic E-state index is 11.4. The second kappa shape index (κ2) is 4.17. The van der Waals surface area contributed by atoms with Crippen LogP contribution in [0.4, 0.5) is 11.9 Å². The van der Waals surface area contributed by atoms with Crippen LogP contribution in [-0.4, -0.2) is 40.7 Å². The smallest absolute Gasteiger partial charge is 0.244 e. The summed E-state index contributed by atoms with van der Waals surface area (Å²) in [6.07, 6.45) is 0.553. The van der Waals surface area contributed by atoms with Gasteiger partial charge in [-0.15, -0.1) is 5.10 Å². The molecule has 1 fully saturated rings. The Labute approximate surface area is 100 Å². The zero-order valence-corrected chi connectivity index (χ0v) is 10.7. The van der Waals surface area contributed by atoms with E-state index in [0.29, 0.717) is 12.4 Å². The molecule has 8 heteroatoms. The second-order valence-electron chi connectivity index (χ2n) is 4.59. The summed E-state index contributed by atoms with van der Waals surface area (Å²) in [6, 6.07) is 0.0211. The van der Waals surface area contributed by atoms with Crippen molar-refractivity contribution in [2.45, 2.75) is 32.4 Å². The van der Waals surface area contributed by atoms with E-state index >= 15 is 0 Å². The van der Waals surface area contributed by atoms with Crippen LogP contribution in [0.1, 0.15) is 26.3 Å². The first-order valence-electron chi connectivity index (χ1n) is 5.56. The lowest BCUT2D eigenvalue weighted by atomic mass is 10.3. The van der Waals surface area contributed by atoms with Gasteiger partial charge in [-0.05, 0) is 20.3 Å². The molecule has 1 saturated heterocycles. The molecule has 0 radical (unpaired) electrons. The predicted octanol–water partition coefficient (Wildman–Crippen LogP) is 0.0402. The first kappa shape index (κ1) is 12.2. The van der Waals surface area contributed by atoms with Crippen LogP contribution >= 0.6 is 0 Å². The maximum absolute atomic E-state index is 11.4. The summed E-state index contributed by atoms with van der Waals surface area (Å²) in [4.78, 5) is 4.07. The molecule has 0 saturated carbocycles. The van der Waals surface area contributed by atoms with E-state index in [0.717, 1.165) is 0 Å². The molecule has 0 aliphatic carbocycles. The number of anilines is 2. The Morgan fingerprint density at radius 3 is 2.76 bits per heavy atom. The van der Waals surface area contributed by atoms with Gasteiger partial charge in [-0.25, -0.2) is 13.1 Å². The van der Waals surface area contributed by atoms with E-state index in [-0.39, 0.29) is 29.5 Å². The van der Waals surface area contributed by atoms with Crippen molar-refractivity contribution < 1.29 is 8.42 Å². The van der Waals surface area contributed by atoms with E-state index in [1.807, 2.05) is 13.8 Å². The Balaban J connectivity index is 2.19. The van der Waals surface area contributed by atoms with Gasteiger partial charge in [0.2, 0.25) is 11.9 Å². The number of aromatic nitrogens is 3. The fourth-order valence-electron chi connectivity index (χ4n) is 1.89. The third-order valence-electron chi connectivity index (χ3n) is 2.63. The fourth-order valence-corrected chi connectivity index (χ4v) is 3.58. The summed E-state index contributed by atoms with van der Waals surface area (Å²) in [5.74, 6) is 1.00. The number of sulfone groups is 1. The van der Waals surface area contributed by atoms with Crippen molar-refractivity contribution in [3.8, 4) is 0 Å². The van der Waals surface area contributed by atoms with Crippen LogP contribution in [0.2, 0.25) is 0 Å². The number of hydrogen-bond donors (Lipinski definition) is 2. The molecule has 1 aromatic heterocycles. The molecule has 0 amide bonds. The zero-order valence-electron chi connectivity index (χ0n) is 9.92. The topological polar surface area (TPSA) is 103 Å². The summed E-state index contributed by atoms with van der Waals surface area (Å²) in [6.45, 7) is 3.94. The summed E-state index contributed by atoms with van der Waals surface area (Å²) in [7, 11) is -2.94. The van der Waals surface area contributed by atoms with Gasteiger partial charge in [0.15, 0.2) is 9.84 Å². The van der Waals surface area contributed by atoms with Crippen molar-refractivity contribution in [1.82, 2.24) is 14.8 Å². The van der Waals surface area contributed by atoms with Crippen molar-refractivity contribution in [3.05, 3.63) is 0 Å². The van der Waals surface area contributed by atoms with Gasteiger partial charge in [0, 0.05) is 6.04 Å². The van der Waals surface area contributed by atoms with Crippen LogP contribution in [0.25, 0.3) is 0 Å². The Bertz CT molecular complexity index is 507. The molecule has 0 aromatic carbocycles. The average Bonchev–Trinajstić information content (AvgIpc) is 2.68. The van der Waals surface area contributed by atoms with Crippen molar-refractivity contribution >= 4 is 21.7 Å². The predicted molar refractivity (Wildman–Crippen MR) is 65.5 cm³/mol. The lowest BCUT2D eigenvalue weighted by Gasteiger charge is -2.08. The van der Waals surface area contributed by atoms with Crippen LogP contribution in [-0.2, 0) is 9.84 Å². The Kier molecular flexibility index (Phi) is 2.98. The van der Waals surface area contributed by atoms with Crippen molar-refractivity contribution in [2.75, 3.05) is 22.6 Å². The molecular weight excluding hydrogens is 242 g/mol. The van der Waals surface area contributed by atoms with E-state index in [9.17, 15) is 8.42 Å². The summed E-state index contributed by atoms with van der Waals surface area (Å²) < 4.78 is 24.3. The largest absolute Gasteiger partial charge is 0.368 e. The van der Waals surface area contributed by atoms with Gasteiger partial charge in [0.05, 0.1) is 17.5 Å². The number of rotatable bonds is 3. The normalized spacial score (nSPS) is 23.1. The van der Waals surface area contributed by atoms with Crippen LogP contribution in [0.3, 0.4) is 0 Å². The average molecular weight is 259 g/mol. The van der Waals surface area contributed by atoms with Gasteiger partial charge in [-0.2, -0.15) is 4.98 Å². The number of nitrogens with one attached hydrogen (secondary N) is 1. The van der Waals surface area contributed by atoms with Gasteiger partial charge in [0.25, 0.3) is 0 Å². The Hall–Kier alpha value is -1.31. The van der Waals surface area contributed by atoms with Crippen molar-refractivity contribution in [3.63, 3.8) is 0 Å². The number of nitrogens with zero attached hydrogens (tertiary/aromatic N) is 3. The molecule has 3 N–H and O–H groups in total. The fraction of sp³-hybridized carbons (Fsp3) is 0.778. The molecule has 0 bridgehead atoms. The highest BCUT2D eigenvalue weighted by molar-refractivity contribution is 7.91. The van der Waals surface area contributed by atoms with Crippen LogP contribution in [0.15, 0.2) is 0 Å². The molecular formula is C9H17N5O2S. The molecule has 1 unspecified atom stereocenters. The monoisotopic (exact) mass is 259 g/mol. The number of hydrogen-bond acceptors (Lipinski definition) is 6. The number of nitrogen functional groups attached to an aromatic ring is 1. The molecule has 1 aromatic rings. The van der Waals surface area contributed by atoms with E-state index in [4.69, 9.17) is 5.73 Å². The Morgan fingerprint density at radius 1 is 1.53 bits per heavy atom. The highest BCUT2D eigenvalue weighted by Crippen LogP contribution is 2.25. The standard InChI is InChI=1S/C9H17N5O2S/c1-6(2)11-9-12-8(10)14(13-9)7-3-4-17(15,16)5-7/h6-7H,3-5H2,1-2H3,(H3,10,11,12,13). The van der Waals surface area contributed by atoms with Gasteiger partial charge in [-0.1, -0.05) is 0 Å². The summed E-state index contributed by atoms with van der Waals surface area (Å²) in [5, 5.41) is 7.24. The summed E-state index contributed by atoms with van der Waals surface area (Å²) in [5.41, 5.74) is 5.74. The highest BCUT2D eigenvalue weighted by Gasteiger charge is 2.31. The van der Waals surface area contributed by atoms with E-state index < -0.39 is 9.84 Å². The minimum atomic E-state index is -2.94. The minimum Gasteiger partial charge on any atom is -0.368 e. The van der Waals surface area contributed by atoms with Crippen LogP contribution in [0, 0.1) is 0 Å². The molecule has 1 aliphatic heterocycles. The third kappa shape index (κ3) is 2.68. The van der Waals surface area contributed by atoms with Crippen molar-refractivity contribution in [1.29, 1.82) is 0 Å². The second-order valence-corrected chi connectivity index (χ2v) is 6.82. The van der Waals surface area contributed by atoms with Gasteiger partial charge in [0.1, 0.15) is 0 Å². The van der Waals surface area contributed by atoms with Crippen LogP contribution in [0.5, 0.6) is 0 Å². The minimum absolute atomic E-state index is 0.0989. The van der Waals surface area contributed by atoms with E-state index in [2.05, 4.69) is 15.4 Å². The van der Waals surface area contributed by atoms with Crippen LogP contribution < -0.4 is 11.1 Å². The molecule has 17 heavy (non-hydrogen) atoms. The SMILES string of the molecule is CC(C)Nc1nc(N)n(C2CCS(=O)(=O)C2)n1. The molecule has 2 rings (SSSR count). The lowest BCUT2D eigenvalue weighted by molar-refractivity contribution is 0.506. The van der Waals surface area contributed by atoms with E-state index in [1.54, 1.807) is 0 Å². The first-order chi connectivity index (χ1) is 7.87. The van der Waals surface area contributed by atoms with Crippen molar-refractivity contribution in [2.24, 2.45) is 0 Å².